The number of hydrogen-bond donors (Lipinski definition) is 1. The van der Waals surface area contributed by atoms with Gasteiger partial charge >= 0.3 is 6.18 Å². The highest BCUT2D eigenvalue weighted by molar-refractivity contribution is 6.10. The zero-order valence-electron chi connectivity index (χ0n) is 16.3. The molecule has 0 aliphatic carbocycles. The van der Waals surface area contributed by atoms with Crippen LogP contribution in [0.3, 0.4) is 0 Å². The number of fused-ring (bicyclic) bond motifs is 3. The summed E-state index contributed by atoms with van der Waals surface area (Å²) in [5.41, 5.74) is 6.63. The van der Waals surface area contributed by atoms with Crippen molar-refractivity contribution in [3.05, 3.63) is 82.5 Å². The maximum absolute atomic E-state index is 13.3. The molecule has 0 amide bonds. The maximum Gasteiger partial charge on any atom is 0.416 e. The van der Waals surface area contributed by atoms with Crippen molar-refractivity contribution in [1.82, 2.24) is 14.5 Å². The molecule has 2 N–H and O–H groups in total. The van der Waals surface area contributed by atoms with E-state index in [0.29, 0.717) is 33.2 Å². The van der Waals surface area contributed by atoms with Crippen LogP contribution in [-0.2, 0) is 6.18 Å². The van der Waals surface area contributed by atoms with Crippen LogP contribution in [0.2, 0.25) is 0 Å². The molecule has 1 aromatic carbocycles. The van der Waals surface area contributed by atoms with Crippen molar-refractivity contribution < 1.29 is 13.2 Å². The number of alkyl halides is 3. The Hall–Kier alpha value is -4.01. The number of aromatic nitrogens is 3. The quantitative estimate of drug-likeness (QED) is 0.399. The molecule has 0 atom stereocenters. The first kappa shape index (κ1) is 20.3. The predicted molar refractivity (Wildman–Crippen MR) is 114 cm³/mol. The van der Waals surface area contributed by atoms with E-state index in [2.05, 4.69) is 15.0 Å². The lowest BCUT2D eigenvalue weighted by molar-refractivity contribution is -0.137. The van der Waals surface area contributed by atoms with Crippen LogP contribution >= 0.6 is 0 Å². The van der Waals surface area contributed by atoms with E-state index in [-0.39, 0.29) is 5.69 Å². The standard InChI is InChI=1S/C22H16F3N5O/c1-27-11-14(10-26)17-6-7-18-20(29-17)21-13(12-28-18)5-8-19(31)30(21)16-4-2-3-15(9-16)22(23,24)25/h2-12H,26H2,1H3. The van der Waals surface area contributed by atoms with Crippen molar-refractivity contribution in [3.8, 4) is 5.69 Å². The molecule has 4 aromatic rings. The van der Waals surface area contributed by atoms with Gasteiger partial charge in [-0.25, -0.2) is 4.98 Å². The van der Waals surface area contributed by atoms with Crippen LogP contribution in [0, 0.1) is 0 Å². The lowest BCUT2D eigenvalue weighted by Crippen LogP contribution is -2.19. The molecule has 0 saturated carbocycles. The van der Waals surface area contributed by atoms with Crippen LogP contribution < -0.4 is 11.3 Å². The number of nitrogens with two attached hydrogens (primary N) is 1. The van der Waals surface area contributed by atoms with Gasteiger partial charge in [-0.1, -0.05) is 6.07 Å². The molecular formula is C22H16F3N5O. The molecule has 4 rings (SSSR count). The highest BCUT2D eigenvalue weighted by Crippen LogP contribution is 2.31. The van der Waals surface area contributed by atoms with Crippen molar-refractivity contribution in [2.24, 2.45) is 10.7 Å². The minimum absolute atomic E-state index is 0.0786. The van der Waals surface area contributed by atoms with Gasteiger partial charge in [-0.2, -0.15) is 13.2 Å². The summed E-state index contributed by atoms with van der Waals surface area (Å²) in [6.07, 6.45) is -0.110. The molecule has 0 radical (unpaired) electrons. The van der Waals surface area contributed by atoms with Crippen LogP contribution in [0.4, 0.5) is 13.2 Å². The Labute approximate surface area is 174 Å². The lowest BCUT2D eigenvalue weighted by atomic mass is 10.1. The topological polar surface area (TPSA) is 86.2 Å². The largest absolute Gasteiger partial charge is 0.416 e. The van der Waals surface area contributed by atoms with Gasteiger partial charge in [0.2, 0.25) is 0 Å². The SMILES string of the molecule is CN=CC(=CN)c1ccc2ncc3ccc(=O)n(-c4cccc(C(F)(F)F)c4)c3c2n1. The Morgan fingerprint density at radius 1 is 1.16 bits per heavy atom. The van der Waals surface area contributed by atoms with E-state index in [1.807, 2.05) is 0 Å². The molecule has 3 aromatic heterocycles. The fourth-order valence-corrected chi connectivity index (χ4v) is 3.34. The van der Waals surface area contributed by atoms with Crippen LogP contribution in [0.25, 0.3) is 33.2 Å². The predicted octanol–water partition coefficient (Wildman–Crippen LogP) is 3.95. The van der Waals surface area contributed by atoms with E-state index in [0.717, 1.165) is 12.1 Å². The van der Waals surface area contributed by atoms with E-state index in [4.69, 9.17) is 5.73 Å². The average molecular weight is 423 g/mol. The second-order valence-electron chi connectivity index (χ2n) is 6.69. The van der Waals surface area contributed by atoms with Gasteiger partial charge in [0.25, 0.3) is 5.56 Å². The minimum Gasteiger partial charge on any atom is -0.404 e. The van der Waals surface area contributed by atoms with Crippen molar-refractivity contribution in [3.63, 3.8) is 0 Å². The van der Waals surface area contributed by atoms with Crippen molar-refractivity contribution >= 4 is 33.7 Å². The van der Waals surface area contributed by atoms with E-state index in [1.165, 1.54) is 35.2 Å². The molecule has 0 unspecified atom stereocenters. The molecule has 6 nitrogen and oxygen atoms in total. The Morgan fingerprint density at radius 3 is 2.68 bits per heavy atom. The molecule has 156 valence electrons. The van der Waals surface area contributed by atoms with E-state index in [9.17, 15) is 18.0 Å². The van der Waals surface area contributed by atoms with E-state index < -0.39 is 17.3 Å². The number of pyridine rings is 3. The highest BCUT2D eigenvalue weighted by Gasteiger charge is 2.30. The second-order valence-corrected chi connectivity index (χ2v) is 6.69. The van der Waals surface area contributed by atoms with Gasteiger partial charge in [0.1, 0.15) is 5.52 Å². The van der Waals surface area contributed by atoms with E-state index in [1.54, 1.807) is 31.4 Å². The summed E-state index contributed by atoms with van der Waals surface area (Å²) in [4.78, 5) is 25.7. The van der Waals surface area contributed by atoms with Gasteiger partial charge in [0.15, 0.2) is 0 Å². The van der Waals surface area contributed by atoms with Gasteiger partial charge in [-0.3, -0.25) is 19.3 Å². The van der Waals surface area contributed by atoms with Gasteiger partial charge < -0.3 is 5.73 Å². The third kappa shape index (κ3) is 3.65. The highest BCUT2D eigenvalue weighted by atomic mass is 19.4. The molecule has 0 spiro atoms. The summed E-state index contributed by atoms with van der Waals surface area (Å²) < 4.78 is 41.0. The number of halogens is 3. The molecule has 31 heavy (non-hydrogen) atoms. The molecular weight excluding hydrogens is 407 g/mol. The van der Waals surface area contributed by atoms with Crippen LogP contribution in [0.15, 0.2) is 70.7 Å². The lowest BCUT2D eigenvalue weighted by Gasteiger charge is -2.14. The van der Waals surface area contributed by atoms with Crippen LogP contribution in [-0.4, -0.2) is 27.8 Å². The second kappa shape index (κ2) is 7.67. The van der Waals surface area contributed by atoms with Gasteiger partial charge in [-0.15, -0.1) is 0 Å². The molecule has 0 aliphatic heterocycles. The van der Waals surface area contributed by atoms with Crippen molar-refractivity contribution in [2.75, 3.05) is 7.05 Å². The zero-order valence-corrected chi connectivity index (χ0v) is 16.3. The van der Waals surface area contributed by atoms with Crippen LogP contribution in [0.5, 0.6) is 0 Å². The molecule has 0 bridgehead atoms. The zero-order chi connectivity index (χ0) is 22.2. The monoisotopic (exact) mass is 423 g/mol. The summed E-state index contributed by atoms with van der Waals surface area (Å²) in [6, 6.07) is 10.9. The number of rotatable bonds is 3. The Bertz CT molecular complexity index is 1420. The van der Waals surface area contributed by atoms with Crippen LogP contribution in [0.1, 0.15) is 11.3 Å². The molecule has 0 aliphatic rings. The number of nitrogens with zero attached hydrogens (tertiary/aromatic N) is 4. The molecule has 9 heteroatoms. The fraction of sp³-hybridized carbons (Fsp3) is 0.0909. The van der Waals surface area contributed by atoms with Gasteiger partial charge in [0.05, 0.1) is 22.3 Å². The van der Waals surface area contributed by atoms with Crippen molar-refractivity contribution in [2.45, 2.75) is 6.18 Å². The first-order valence-electron chi connectivity index (χ1n) is 9.17. The Kier molecular flexibility index (Phi) is 5.02. The maximum atomic E-state index is 13.3. The number of aliphatic imine (C=N–C) groups is 1. The van der Waals surface area contributed by atoms with Gasteiger partial charge in [-0.05, 0) is 36.4 Å². The average Bonchev–Trinajstić information content (AvgIpc) is 2.76. The number of allylic oxidation sites excluding steroid dienone is 1. The summed E-state index contributed by atoms with van der Waals surface area (Å²) in [5.74, 6) is 0. The van der Waals surface area contributed by atoms with Gasteiger partial charge in [0, 0.05) is 48.4 Å². The Balaban J connectivity index is 2.10. The first-order valence-corrected chi connectivity index (χ1v) is 9.17. The number of hydrogen-bond acceptors (Lipinski definition) is 5. The van der Waals surface area contributed by atoms with E-state index >= 15 is 0 Å². The van der Waals surface area contributed by atoms with Crippen molar-refractivity contribution in [1.29, 1.82) is 0 Å². The third-order valence-electron chi connectivity index (χ3n) is 4.74. The minimum atomic E-state index is -4.54. The summed E-state index contributed by atoms with van der Waals surface area (Å²) >= 11 is 0. The summed E-state index contributed by atoms with van der Waals surface area (Å²) in [5, 5.41) is 0.552. The molecule has 0 saturated heterocycles. The smallest absolute Gasteiger partial charge is 0.404 e. The Morgan fingerprint density at radius 2 is 1.97 bits per heavy atom. The third-order valence-corrected chi connectivity index (χ3v) is 4.74. The fourth-order valence-electron chi connectivity index (χ4n) is 3.34. The molecule has 0 fully saturated rings. The summed E-state index contributed by atoms with van der Waals surface area (Å²) in [6.45, 7) is 0. The molecule has 3 heterocycles. The normalized spacial score (nSPS) is 12.8. The summed E-state index contributed by atoms with van der Waals surface area (Å²) in [7, 11) is 1.59. The number of benzene rings is 1. The first-order chi connectivity index (χ1) is 14.8.